The first kappa shape index (κ1) is 19.1. The average Bonchev–Trinajstić information content (AvgIpc) is 2.60. The number of hydrogen-bond donors (Lipinski definition) is 2. The van der Waals surface area contributed by atoms with Crippen LogP contribution in [0.3, 0.4) is 0 Å². The maximum Gasteiger partial charge on any atom is 0.170 e. The molecule has 0 aromatic heterocycles. The number of benzene rings is 2. The number of ether oxygens (including phenoxy) is 1. The summed E-state index contributed by atoms with van der Waals surface area (Å²) in [5.74, 6) is -0.379. The van der Waals surface area contributed by atoms with Crippen molar-refractivity contribution in [1.29, 1.82) is 0 Å². The first-order valence-corrected chi connectivity index (χ1v) is 8.71. The van der Waals surface area contributed by atoms with Gasteiger partial charge in [-0.25, -0.2) is 8.78 Å². The zero-order valence-electron chi connectivity index (χ0n) is 14.1. The molecule has 0 aliphatic heterocycles. The Labute approximate surface area is 152 Å². The fourth-order valence-corrected chi connectivity index (χ4v) is 2.51. The molecule has 0 atom stereocenters. The molecule has 6 heteroatoms. The Morgan fingerprint density at radius 1 is 1.16 bits per heavy atom. The number of nitrogens with one attached hydrogen (secondary N) is 2. The molecule has 25 heavy (non-hydrogen) atoms. The summed E-state index contributed by atoms with van der Waals surface area (Å²) in [7, 11) is 0. The molecule has 2 aromatic carbocycles. The van der Waals surface area contributed by atoms with Crippen molar-refractivity contribution in [3.05, 3.63) is 59.7 Å². The van der Waals surface area contributed by atoms with E-state index in [2.05, 4.69) is 23.6 Å². The van der Waals surface area contributed by atoms with Crippen LogP contribution < -0.4 is 15.4 Å². The lowest BCUT2D eigenvalue weighted by molar-refractivity contribution is 0.314. The van der Waals surface area contributed by atoms with Crippen LogP contribution in [0.1, 0.15) is 25.3 Å². The van der Waals surface area contributed by atoms with Crippen LogP contribution in [0.25, 0.3) is 0 Å². The Morgan fingerprint density at radius 2 is 1.96 bits per heavy atom. The van der Waals surface area contributed by atoms with Crippen LogP contribution in [-0.4, -0.2) is 18.3 Å². The maximum atomic E-state index is 13.6. The van der Waals surface area contributed by atoms with E-state index in [0.29, 0.717) is 18.3 Å². The minimum atomic E-state index is -0.675. The zero-order valence-corrected chi connectivity index (χ0v) is 15.0. The molecule has 0 saturated carbocycles. The van der Waals surface area contributed by atoms with Crippen LogP contribution in [0, 0.1) is 11.6 Å². The van der Waals surface area contributed by atoms with Gasteiger partial charge in [0.2, 0.25) is 0 Å². The largest absolute Gasteiger partial charge is 0.493 e. The number of para-hydroxylation sites is 1. The molecule has 134 valence electrons. The first-order valence-electron chi connectivity index (χ1n) is 8.30. The van der Waals surface area contributed by atoms with E-state index in [4.69, 9.17) is 17.0 Å². The van der Waals surface area contributed by atoms with Gasteiger partial charge in [-0.05, 0) is 55.2 Å². The van der Waals surface area contributed by atoms with Crippen molar-refractivity contribution in [3.8, 4) is 5.75 Å². The summed E-state index contributed by atoms with van der Waals surface area (Å²) in [6.45, 7) is 3.41. The quantitative estimate of drug-likeness (QED) is 0.527. The number of rotatable bonds is 8. The molecule has 0 heterocycles. The topological polar surface area (TPSA) is 33.3 Å². The van der Waals surface area contributed by atoms with Crippen LogP contribution in [0.2, 0.25) is 0 Å². The Balaban J connectivity index is 1.76. The summed E-state index contributed by atoms with van der Waals surface area (Å²) in [4.78, 5) is 0. The summed E-state index contributed by atoms with van der Waals surface area (Å²) in [5, 5.41) is 6.06. The molecule has 0 aliphatic carbocycles. The van der Waals surface area contributed by atoms with Crippen molar-refractivity contribution in [2.45, 2.75) is 26.2 Å². The molecule has 0 spiro atoms. The van der Waals surface area contributed by atoms with Gasteiger partial charge in [-0.15, -0.1) is 0 Å². The molecule has 0 amide bonds. The van der Waals surface area contributed by atoms with E-state index in [9.17, 15) is 8.78 Å². The lowest BCUT2D eigenvalue weighted by Crippen LogP contribution is -2.29. The van der Waals surface area contributed by atoms with Crippen molar-refractivity contribution < 1.29 is 13.5 Å². The minimum Gasteiger partial charge on any atom is -0.493 e. The molecule has 3 nitrogen and oxygen atoms in total. The first-order chi connectivity index (χ1) is 12.1. The lowest BCUT2D eigenvalue weighted by atomic mass is 10.1. The third-order valence-corrected chi connectivity index (χ3v) is 3.77. The monoisotopic (exact) mass is 364 g/mol. The normalized spacial score (nSPS) is 10.4. The van der Waals surface area contributed by atoms with Gasteiger partial charge in [-0.1, -0.05) is 25.1 Å². The molecule has 2 rings (SSSR count). The lowest BCUT2D eigenvalue weighted by Gasteiger charge is -2.13. The second kappa shape index (κ2) is 9.93. The highest BCUT2D eigenvalue weighted by Gasteiger charge is 2.06. The minimum absolute atomic E-state index is 0.150. The second-order valence-electron chi connectivity index (χ2n) is 5.56. The fraction of sp³-hybridized carbons (Fsp3) is 0.316. The standard InChI is InChI=1S/C19H22F2N2OS/c1-2-12-24-18-8-4-3-6-14(18)7-5-11-22-19(25)23-17-10-9-15(20)13-16(17)21/h3-4,6,8-10,13H,2,5,7,11-12H2,1H3,(H2,22,23,25). The number of thiocarbonyl (C=S) groups is 1. The van der Waals surface area contributed by atoms with Crippen LogP contribution in [-0.2, 0) is 6.42 Å². The van der Waals surface area contributed by atoms with Gasteiger partial charge in [0, 0.05) is 12.6 Å². The van der Waals surface area contributed by atoms with Crippen LogP contribution in [0.15, 0.2) is 42.5 Å². The summed E-state index contributed by atoms with van der Waals surface area (Å²) >= 11 is 5.13. The van der Waals surface area contributed by atoms with Crippen LogP contribution in [0.5, 0.6) is 5.75 Å². The Hall–Kier alpha value is -2.21. The fourth-order valence-electron chi connectivity index (χ4n) is 2.30. The maximum absolute atomic E-state index is 13.6. The third-order valence-electron chi connectivity index (χ3n) is 3.52. The van der Waals surface area contributed by atoms with Crippen LogP contribution in [0.4, 0.5) is 14.5 Å². The van der Waals surface area contributed by atoms with E-state index < -0.39 is 11.6 Å². The van der Waals surface area contributed by atoms with Gasteiger partial charge in [0.25, 0.3) is 0 Å². The molecule has 0 radical (unpaired) electrons. The molecule has 2 N–H and O–H groups in total. The summed E-state index contributed by atoms with van der Waals surface area (Å²) in [6, 6.07) is 11.3. The summed E-state index contributed by atoms with van der Waals surface area (Å²) in [6.07, 6.45) is 2.66. The predicted molar refractivity (Wildman–Crippen MR) is 101 cm³/mol. The van der Waals surface area contributed by atoms with E-state index in [1.54, 1.807) is 0 Å². The van der Waals surface area contributed by atoms with E-state index in [1.165, 1.54) is 12.1 Å². The SMILES string of the molecule is CCCOc1ccccc1CCCNC(=S)Nc1ccc(F)cc1F. The van der Waals surface area contributed by atoms with Gasteiger partial charge in [-0.2, -0.15) is 0 Å². The molecular formula is C19H22F2N2OS. The van der Waals surface area contributed by atoms with Gasteiger partial charge < -0.3 is 15.4 Å². The Bertz CT molecular complexity index is 710. The molecule has 0 saturated heterocycles. The molecule has 0 unspecified atom stereocenters. The highest BCUT2D eigenvalue weighted by atomic mass is 32.1. The number of anilines is 1. The second-order valence-corrected chi connectivity index (χ2v) is 5.97. The van der Waals surface area contributed by atoms with Gasteiger partial charge in [0.1, 0.15) is 17.4 Å². The number of halogens is 2. The van der Waals surface area contributed by atoms with Gasteiger partial charge in [-0.3, -0.25) is 0 Å². The molecule has 0 fully saturated rings. The highest BCUT2D eigenvalue weighted by Crippen LogP contribution is 2.19. The van der Waals surface area contributed by atoms with E-state index in [-0.39, 0.29) is 5.69 Å². The number of aryl methyl sites for hydroxylation is 1. The van der Waals surface area contributed by atoms with E-state index in [0.717, 1.165) is 36.6 Å². The smallest absolute Gasteiger partial charge is 0.170 e. The zero-order chi connectivity index (χ0) is 18.1. The van der Waals surface area contributed by atoms with Crippen molar-refractivity contribution in [1.82, 2.24) is 5.32 Å². The summed E-state index contributed by atoms with van der Waals surface area (Å²) in [5.41, 5.74) is 1.30. The third kappa shape index (κ3) is 6.31. The number of hydrogen-bond acceptors (Lipinski definition) is 2. The summed E-state index contributed by atoms with van der Waals surface area (Å²) < 4.78 is 32.2. The molecule has 0 bridgehead atoms. The van der Waals surface area contributed by atoms with Crippen molar-refractivity contribution >= 4 is 23.0 Å². The predicted octanol–water partition coefficient (Wildman–Crippen LogP) is 4.67. The molecular weight excluding hydrogens is 342 g/mol. The van der Waals surface area contributed by atoms with E-state index >= 15 is 0 Å². The van der Waals surface area contributed by atoms with Gasteiger partial charge in [0.05, 0.1) is 12.3 Å². The molecule has 0 aliphatic rings. The van der Waals surface area contributed by atoms with Gasteiger partial charge >= 0.3 is 0 Å². The van der Waals surface area contributed by atoms with E-state index in [1.807, 2.05) is 18.2 Å². The Morgan fingerprint density at radius 3 is 2.72 bits per heavy atom. The average molecular weight is 364 g/mol. The Kier molecular flexibility index (Phi) is 7.60. The van der Waals surface area contributed by atoms with Crippen molar-refractivity contribution in [2.24, 2.45) is 0 Å². The van der Waals surface area contributed by atoms with Crippen molar-refractivity contribution in [2.75, 3.05) is 18.5 Å². The van der Waals surface area contributed by atoms with Gasteiger partial charge in [0.15, 0.2) is 5.11 Å². The molecule has 2 aromatic rings. The van der Waals surface area contributed by atoms with Crippen LogP contribution >= 0.6 is 12.2 Å². The van der Waals surface area contributed by atoms with Crippen molar-refractivity contribution in [3.63, 3.8) is 0 Å². The highest BCUT2D eigenvalue weighted by molar-refractivity contribution is 7.80.